The fourth-order valence-corrected chi connectivity index (χ4v) is 9.63. The van der Waals surface area contributed by atoms with Crippen molar-refractivity contribution in [1.29, 1.82) is 0 Å². The first-order valence-electron chi connectivity index (χ1n) is 6.07. The number of aliphatic carboxylic acids is 1. The molecule has 111 valence electrons. The third kappa shape index (κ3) is 6.28. The Balaban J connectivity index is 0.000000491. The van der Waals surface area contributed by atoms with Crippen molar-refractivity contribution in [2.45, 2.75) is 10.7 Å². The summed E-state index contributed by atoms with van der Waals surface area (Å²) in [6, 6.07) is 16.6. The summed E-state index contributed by atoms with van der Waals surface area (Å²) >= 11 is -3.99. The Kier molecular flexibility index (Phi) is 6.87. The van der Waals surface area contributed by atoms with E-state index in [9.17, 15) is 13.2 Å². The van der Waals surface area contributed by atoms with Crippen LogP contribution >= 0.6 is 0 Å². The molecule has 2 aromatic carbocycles. The number of carboxylic acid groups (broad SMARTS) is 1. The molecule has 0 saturated carbocycles. The molecule has 0 fully saturated rings. The van der Waals surface area contributed by atoms with Gasteiger partial charge >= 0.3 is 107 Å². The molecule has 0 saturated heterocycles. The first kappa shape index (κ1) is 17.7. The summed E-state index contributed by atoms with van der Waals surface area (Å²) in [6.45, 7) is 1.08. The summed E-state index contributed by atoms with van der Waals surface area (Å²) < 4.78 is 36.5. The fourth-order valence-electron chi connectivity index (χ4n) is 1.70. The molecule has 6 heteroatoms. The second kappa shape index (κ2) is 8.16. The molecule has 2 nitrogen and oxygen atoms in total. The quantitative estimate of drug-likeness (QED) is 0.658. The Bertz CT molecular complexity index is 513. The summed E-state index contributed by atoms with van der Waals surface area (Å²) in [5.41, 5.74) is 0. The van der Waals surface area contributed by atoms with Crippen molar-refractivity contribution < 1.29 is 23.1 Å². The van der Waals surface area contributed by atoms with Gasteiger partial charge in [-0.2, -0.15) is 0 Å². The molecule has 2 rings (SSSR count). The van der Waals surface area contributed by atoms with Crippen LogP contribution in [0.5, 0.6) is 0 Å². The number of benzene rings is 2. The number of rotatable bonds is 2. The van der Waals surface area contributed by atoms with E-state index in [-0.39, 0.29) is 0 Å². The van der Waals surface area contributed by atoms with Crippen molar-refractivity contribution in [2.75, 3.05) is 0 Å². The third-order valence-electron chi connectivity index (χ3n) is 2.41. The maximum atomic E-state index is 13.2. The van der Waals surface area contributed by atoms with Gasteiger partial charge in [-0.1, -0.05) is 0 Å². The van der Waals surface area contributed by atoms with Crippen LogP contribution in [0.1, 0.15) is 6.92 Å². The van der Waals surface area contributed by atoms with Crippen molar-refractivity contribution >= 4 is 34.9 Å². The number of alkyl halides is 3. The van der Waals surface area contributed by atoms with Gasteiger partial charge in [0.15, 0.2) is 0 Å². The zero-order valence-corrected chi connectivity index (χ0v) is 15.2. The molecule has 0 spiro atoms. The number of hydrogen-bond donors (Lipinski definition) is 1. The fraction of sp³-hybridized carbons (Fsp3) is 0.133. The van der Waals surface area contributed by atoms with Crippen LogP contribution in [0, 0.1) is 0 Å². The normalized spacial score (nSPS) is 10.7. The number of halogens is 3. The molecule has 0 heterocycles. The topological polar surface area (TPSA) is 37.3 Å². The van der Waals surface area contributed by atoms with Crippen molar-refractivity contribution in [1.82, 2.24) is 0 Å². The van der Waals surface area contributed by atoms with Crippen LogP contribution in [0.25, 0.3) is 0 Å². The predicted molar refractivity (Wildman–Crippen MR) is 77.3 cm³/mol. The molecule has 0 aliphatic rings. The summed E-state index contributed by atoms with van der Waals surface area (Å²) in [4.78, 5) is 9.00. The van der Waals surface area contributed by atoms with E-state index in [4.69, 9.17) is 9.90 Å². The van der Waals surface area contributed by atoms with Crippen LogP contribution in [-0.2, 0) is 4.79 Å². The average Bonchev–Trinajstić information content (AvgIpc) is 2.39. The molecule has 0 unspecified atom stereocenters. The Hall–Kier alpha value is -1.38. The Morgan fingerprint density at radius 1 is 0.905 bits per heavy atom. The molecular weight excluding hydrogens is 476 g/mol. The van der Waals surface area contributed by atoms with Crippen molar-refractivity contribution in [3.8, 4) is 0 Å². The van der Waals surface area contributed by atoms with Gasteiger partial charge in [0.2, 0.25) is 0 Å². The molecule has 2 aromatic rings. The third-order valence-corrected chi connectivity index (χ3v) is 11.7. The van der Waals surface area contributed by atoms with Gasteiger partial charge in [-0.05, 0) is 0 Å². The molecule has 0 aliphatic carbocycles. The van der Waals surface area contributed by atoms with Crippen LogP contribution in [0.4, 0.5) is 13.2 Å². The standard InChI is InChI=1S/2C6H5.C2H4O2.CF3.Pb/c2*1-2-4-6-5-3-1;1-2(3)4;2-1(3)4;/h2*1-5H;1H3,(H,3,4);;. The van der Waals surface area contributed by atoms with E-state index in [0.29, 0.717) is 6.25 Å². The average molecular weight is 490 g/mol. The van der Waals surface area contributed by atoms with Crippen molar-refractivity contribution in [3.05, 3.63) is 60.7 Å². The van der Waals surface area contributed by atoms with E-state index in [0.717, 1.165) is 6.92 Å². The minimum atomic E-state index is -4.06. The van der Waals surface area contributed by atoms with E-state index in [1.54, 1.807) is 60.7 Å². The van der Waals surface area contributed by atoms with Gasteiger partial charge in [0, 0.05) is 6.92 Å². The zero-order chi connectivity index (χ0) is 15.9. The van der Waals surface area contributed by atoms with Crippen LogP contribution in [0.3, 0.4) is 0 Å². The SMILES string of the molecule is CC(=O)O.F[C](F)(F)[Pb]([c]1ccccc1)[c]1ccccc1. The minimum absolute atomic E-state index is 0.483. The zero-order valence-electron chi connectivity index (χ0n) is 11.3. The molecule has 21 heavy (non-hydrogen) atoms. The van der Waals surface area contributed by atoms with Crippen LogP contribution in [0.2, 0.25) is 0 Å². The summed E-state index contributed by atoms with van der Waals surface area (Å²) in [5.74, 6) is -0.833. The van der Waals surface area contributed by atoms with Gasteiger partial charge < -0.3 is 5.11 Å². The molecule has 0 atom stereocenters. The van der Waals surface area contributed by atoms with E-state index in [1.807, 2.05) is 0 Å². The van der Waals surface area contributed by atoms with Gasteiger partial charge in [-0.25, -0.2) is 0 Å². The first-order chi connectivity index (χ1) is 9.82. The van der Waals surface area contributed by atoms with Gasteiger partial charge in [-0.3, -0.25) is 4.79 Å². The van der Waals surface area contributed by atoms with Gasteiger partial charge in [-0.15, -0.1) is 0 Å². The molecule has 0 aliphatic heterocycles. The van der Waals surface area contributed by atoms with Gasteiger partial charge in [0.25, 0.3) is 5.97 Å². The van der Waals surface area contributed by atoms with Crippen LogP contribution in [0.15, 0.2) is 60.7 Å². The maximum absolute atomic E-state index is 13.2. The van der Waals surface area contributed by atoms with Crippen LogP contribution < -0.4 is 6.25 Å². The Morgan fingerprint density at radius 2 is 1.19 bits per heavy atom. The van der Waals surface area contributed by atoms with Gasteiger partial charge in [0.1, 0.15) is 0 Å². The summed E-state index contributed by atoms with van der Waals surface area (Å²) in [6.07, 6.45) is 0. The predicted octanol–water partition coefficient (Wildman–Crippen LogP) is 2.49. The number of carbonyl (C=O) groups is 1. The number of carboxylic acids is 1. The summed E-state index contributed by atoms with van der Waals surface area (Å²) in [5, 5.41) is 7.42. The van der Waals surface area contributed by atoms with E-state index < -0.39 is 32.4 Å². The van der Waals surface area contributed by atoms with E-state index >= 15 is 0 Å². The monoisotopic (exact) mass is 491 g/mol. The number of hydrogen-bond acceptors (Lipinski definition) is 1. The van der Waals surface area contributed by atoms with Crippen molar-refractivity contribution in [2.24, 2.45) is 0 Å². The molecule has 0 amide bonds. The molecule has 1 radical (unpaired) electrons. The Labute approximate surface area is 129 Å². The summed E-state index contributed by atoms with van der Waals surface area (Å²) in [7, 11) is 0. The first-order valence-corrected chi connectivity index (χ1v) is 11.9. The molecule has 1 N–H and O–H groups in total. The van der Waals surface area contributed by atoms with Crippen LogP contribution in [-0.4, -0.2) is 37.5 Å². The molecule has 0 aromatic heterocycles. The molecule has 0 bridgehead atoms. The van der Waals surface area contributed by atoms with E-state index in [1.165, 1.54) is 0 Å². The Morgan fingerprint density at radius 3 is 1.43 bits per heavy atom. The second-order valence-corrected chi connectivity index (χ2v) is 13.7. The van der Waals surface area contributed by atoms with Crippen molar-refractivity contribution in [3.63, 3.8) is 0 Å². The second-order valence-electron chi connectivity index (χ2n) is 4.12. The molecular formula is C15H14F3O2Pb. The van der Waals surface area contributed by atoms with E-state index in [2.05, 4.69) is 0 Å². The van der Waals surface area contributed by atoms with Gasteiger partial charge in [0.05, 0.1) is 0 Å².